The molecule has 0 aliphatic carbocycles. The molecule has 0 N–H and O–H groups in total. The van der Waals surface area contributed by atoms with Gasteiger partial charge in [0.2, 0.25) is 0 Å². The second-order valence-electron chi connectivity index (χ2n) is 3.14. The monoisotopic (exact) mass is 186 g/mol. The highest BCUT2D eigenvalue weighted by Crippen LogP contribution is 2.09. The zero-order chi connectivity index (χ0) is 10.1. The van der Waals surface area contributed by atoms with Gasteiger partial charge in [0.05, 0.1) is 11.4 Å². The van der Waals surface area contributed by atoms with E-state index in [-0.39, 0.29) is 0 Å². The van der Waals surface area contributed by atoms with Gasteiger partial charge < -0.3 is 4.40 Å². The van der Waals surface area contributed by atoms with Crippen molar-refractivity contribution in [1.29, 1.82) is 5.26 Å². The van der Waals surface area contributed by atoms with E-state index in [1.54, 1.807) is 6.20 Å². The number of nitriles is 1. The minimum Gasteiger partial charge on any atom is -0.302 e. The molecule has 0 unspecified atom stereocenters. The van der Waals surface area contributed by atoms with Crippen LogP contribution in [0.5, 0.6) is 0 Å². The highest BCUT2D eigenvalue weighted by Gasteiger charge is 2.05. The number of aromatic nitrogens is 3. The molecule has 4 heteroatoms. The van der Waals surface area contributed by atoms with Gasteiger partial charge in [0.15, 0.2) is 11.3 Å². The van der Waals surface area contributed by atoms with E-state index in [9.17, 15) is 0 Å². The predicted octanol–water partition coefficient (Wildman–Crippen LogP) is 1.47. The van der Waals surface area contributed by atoms with Gasteiger partial charge >= 0.3 is 0 Å². The number of rotatable bonds is 1. The van der Waals surface area contributed by atoms with Crippen LogP contribution in [0, 0.1) is 18.3 Å². The Kier molecular flexibility index (Phi) is 1.93. The van der Waals surface area contributed by atoms with Crippen LogP contribution in [0.15, 0.2) is 12.4 Å². The molecular weight excluding hydrogens is 176 g/mol. The van der Waals surface area contributed by atoms with Gasteiger partial charge in [-0.15, -0.1) is 0 Å². The first kappa shape index (κ1) is 8.70. The summed E-state index contributed by atoms with van der Waals surface area (Å²) in [4.78, 5) is 8.52. The van der Waals surface area contributed by atoms with Crippen LogP contribution in [0.3, 0.4) is 0 Å². The quantitative estimate of drug-likeness (QED) is 0.677. The molecule has 0 bridgehead atoms. The minimum absolute atomic E-state index is 0.426. The van der Waals surface area contributed by atoms with Gasteiger partial charge in [0, 0.05) is 12.4 Å². The number of fused-ring (bicyclic) bond motifs is 1. The number of imidazole rings is 1. The molecule has 0 aliphatic heterocycles. The standard InChI is InChI=1S/C10H10N4/c1-3-8-5-14-6-9(4-11)12-7(2)10(14)13-8/h5-6H,3H2,1-2H3. The third-order valence-electron chi connectivity index (χ3n) is 2.13. The lowest BCUT2D eigenvalue weighted by molar-refractivity contribution is 1.06. The molecule has 0 radical (unpaired) electrons. The summed E-state index contributed by atoms with van der Waals surface area (Å²) in [5, 5.41) is 8.74. The minimum atomic E-state index is 0.426. The summed E-state index contributed by atoms with van der Waals surface area (Å²) >= 11 is 0. The van der Waals surface area contributed by atoms with E-state index in [1.165, 1.54) is 0 Å². The second kappa shape index (κ2) is 3.11. The van der Waals surface area contributed by atoms with E-state index in [2.05, 4.69) is 16.9 Å². The van der Waals surface area contributed by atoms with E-state index in [4.69, 9.17) is 5.26 Å². The van der Waals surface area contributed by atoms with Crippen LogP contribution in [0.2, 0.25) is 0 Å². The third kappa shape index (κ3) is 1.23. The fourth-order valence-corrected chi connectivity index (χ4v) is 1.43. The molecule has 14 heavy (non-hydrogen) atoms. The van der Waals surface area contributed by atoms with Gasteiger partial charge in [-0.2, -0.15) is 5.26 Å². The second-order valence-corrected chi connectivity index (χ2v) is 3.14. The van der Waals surface area contributed by atoms with E-state index < -0.39 is 0 Å². The summed E-state index contributed by atoms with van der Waals surface area (Å²) in [7, 11) is 0. The van der Waals surface area contributed by atoms with Gasteiger partial charge in [0.25, 0.3) is 0 Å². The molecule has 0 aliphatic rings. The molecule has 0 aromatic carbocycles. The largest absolute Gasteiger partial charge is 0.302 e. The zero-order valence-electron chi connectivity index (χ0n) is 8.15. The van der Waals surface area contributed by atoms with Crippen molar-refractivity contribution in [3.8, 4) is 6.07 Å². The molecule has 0 spiro atoms. The van der Waals surface area contributed by atoms with Crippen LogP contribution < -0.4 is 0 Å². The van der Waals surface area contributed by atoms with Gasteiger partial charge in [-0.3, -0.25) is 0 Å². The topological polar surface area (TPSA) is 54.0 Å². The van der Waals surface area contributed by atoms with E-state index in [0.29, 0.717) is 5.69 Å². The highest BCUT2D eigenvalue weighted by molar-refractivity contribution is 5.46. The molecule has 2 rings (SSSR count). The zero-order valence-corrected chi connectivity index (χ0v) is 8.15. The van der Waals surface area contributed by atoms with E-state index in [1.807, 2.05) is 23.6 Å². The summed E-state index contributed by atoms with van der Waals surface area (Å²) < 4.78 is 1.86. The predicted molar refractivity (Wildman–Crippen MR) is 51.8 cm³/mol. The summed E-state index contributed by atoms with van der Waals surface area (Å²) in [6, 6.07) is 2.03. The van der Waals surface area contributed by atoms with Crippen LogP contribution >= 0.6 is 0 Å². The van der Waals surface area contributed by atoms with Gasteiger partial charge in [-0.1, -0.05) is 6.92 Å². The Bertz CT molecular complexity index is 519. The Hall–Kier alpha value is -1.89. The number of hydrogen-bond acceptors (Lipinski definition) is 3. The lowest BCUT2D eigenvalue weighted by Gasteiger charge is -1.96. The van der Waals surface area contributed by atoms with Crippen LogP contribution in [0.1, 0.15) is 24.0 Å². The van der Waals surface area contributed by atoms with Crippen molar-refractivity contribution in [1.82, 2.24) is 14.4 Å². The summed E-state index contributed by atoms with van der Waals surface area (Å²) in [5.74, 6) is 0. The lowest BCUT2D eigenvalue weighted by Crippen LogP contribution is -1.94. The average molecular weight is 186 g/mol. The van der Waals surface area contributed by atoms with Crippen LogP contribution in [-0.4, -0.2) is 14.4 Å². The van der Waals surface area contributed by atoms with Crippen LogP contribution in [-0.2, 0) is 6.42 Å². The Balaban J connectivity index is 2.75. The number of hydrogen-bond donors (Lipinski definition) is 0. The number of nitrogens with zero attached hydrogens (tertiary/aromatic N) is 4. The van der Waals surface area contributed by atoms with Crippen LogP contribution in [0.25, 0.3) is 5.65 Å². The van der Waals surface area contributed by atoms with Crippen molar-refractivity contribution in [2.75, 3.05) is 0 Å². The first-order valence-corrected chi connectivity index (χ1v) is 4.50. The molecule has 0 saturated carbocycles. The molecule has 0 atom stereocenters. The molecule has 2 aromatic heterocycles. The van der Waals surface area contributed by atoms with Crippen molar-refractivity contribution in [3.63, 3.8) is 0 Å². The first-order chi connectivity index (χ1) is 6.74. The Morgan fingerprint density at radius 3 is 2.86 bits per heavy atom. The van der Waals surface area contributed by atoms with Crippen molar-refractivity contribution in [3.05, 3.63) is 29.5 Å². The summed E-state index contributed by atoms with van der Waals surface area (Å²) in [6.07, 6.45) is 4.53. The van der Waals surface area contributed by atoms with Gasteiger partial charge in [-0.25, -0.2) is 9.97 Å². The molecule has 0 saturated heterocycles. The summed E-state index contributed by atoms with van der Waals surface area (Å²) in [6.45, 7) is 3.92. The molecule has 2 heterocycles. The third-order valence-corrected chi connectivity index (χ3v) is 2.13. The van der Waals surface area contributed by atoms with Crippen molar-refractivity contribution < 1.29 is 0 Å². The van der Waals surface area contributed by atoms with Crippen molar-refractivity contribution in [2.24, 2.45) is 0 Å². The Labute approximate surface area is 81.8 Å². The average Bonchev–Trinajstić information content (AvgIpc) is 2.61. The highest BCUT2D eigenvalue weighted by atomic mass is 15.0. The van der Waals surface area contributed by atoms with E-state index >= 15 is 0 Å². The maximum Gasteiger partial charge on any atom is 0.158 e. The molecule has 0 amide bonds. The lowest BCUT2D eigenvalue weighted by atomic mass is 10.4. The molecule has 70 valence electrons. The molecule has 2 aromatic rings. The maximum atomic E-state index is 8.74. The SMILES string of the molecule is CCc1cn2cc(C#N)nc(C)c2n1. The van der Waals surface area contributed by atoms with E-state index in [0.717, 1.165) is 23.5 Å². The molecule has 4 nitrogen and oxygen atoms in total. The normalized spacial score (nSPS) is 10.4. The molecule has 0 fully saturated rings. The molecular formula is C10H10N4. The van der Waals surface area contributed by atoms with Crippen molar-refractivity contribution >= 4 is 5.65 Å². The number of aryl methyl sites for hydroxylation is 2. The van der Waals surface area contributed by atoms with Gasteiger partial charge in [-0.05, 0) is 13.3 Å². The Morgan fingerprint density at radius 1 is 1.43 bits per heavy atom. The Morgan fingerprint density at radius 2 is 2.21 bits per heavy atom. The van der Waals surface area contributed by atoms with Crippen molar-refractivity contribution in [2.45, 2.75) is 20.3 Å². The first-order valence-electron chi connectivity index (χ1n) is 4.50. The maximum absolute atomic E-state index is 8.74. The smallest absolute Gasteiger partial charge is 0.158 e. The fourth-order valence-electron chi connectivity index (χ4n) is 1.43. The summed E-state index contributed by atoms with van der Waals surface area (Å²) in [5.41, 5.74) is 3.07. The van der Waals surface area contributed by atoms with Gasteiger partial charge in [0.1, 0.15) is 6.07 Å². The van der Waals surface area contributed by atoms with Crippen LogP contribution in [0.4, 0.5) is 0 Å². The fraction of sp³-hybridized carbons (Fsp3) is 0.300.